The molecule has 0 N–H and O–H groups in total. The molecule has 5 nitrogen and oxygen atoms in total. The number of carbonyl (C=O) groups excluding carboxylic acids is 1. The first-order valence-electron chi connectivity index (χ1n) is 3.89. The van der Waals surface area contributed by atoms with Crippen LogP contribution in [0.4, 0.5) is 0 Å². The van der Waals surface area contributed by atoms with Crippen molar-refractivity contribution in [2.45, 2.75) is 0 Å². The summed E-state index contributed by atoms with van der Waals surface area (Å²) in [7, 11) is 2.64. The van der Waals surface area contributed by atoms with Crippen LogP contribution in [0.1, 0.15) is 5.56 Å². The van der Waals surface area contributed by atoms with E-state index in [1.54, 1.807) is 18.3 Å². The third kappa shape index (κ3) is 2.29. The zero-order valence-electron chi connectivity index (χ0n) is 7.93. The van der Waals surface area contributed by atoms with Crippen molar-refractivity contribution < 1.29 is 14.4 Å². The van der Waals surface area contributed by atoms with Crippen LogP contribution in [0.15, 0.2) is 29.7 Å². The van der Waals surface area contributed by atoms with Crippen LogP contribution in [-0.4, -0.2) is 30.9 Å². The molecular weight excluding hydrogens is 184 g/mol. The van der Waals surface area contributed by atoms with Gasteiger partial charge in [0.1, 0.15) is 7.11 Å². The fraction of sp³-hybridized carbons (Fsp3) is 0.222. The van der Waals surface area contributed by atoms with E-state index in [0.29, 0.717) is 5.56 Å². The van der Waals surface area contributed by atoms with E-state index in [9.17, 15) is 4.79 Å². The molecule has 1 aromatic heterocycles. The molecule has 0 saturated heterocycles. The molecule has 5 heteroatoms. The molecule has 0 aromatic carbocycles. The molecule has 1 rings (SSSR count). The van der Waals surface area contributed by atoms with Crippen molar-refractivity contribution >= 4 is 11.7 Å². The van der Waals surface area contributed by atoms with Crippen molar-refractivity contribution in [1.29, 1.82) is 0 Å². The first-order chi connectivity index (χ1) is 6.79. The van der Waals surface area contributed by atoms with Crippen LogP contribution in [0.3, 0.4) is 0 Å². The molecule has 0 aliphatic heterocycles. The molecule has 0 amide bonds. The highest BCUT2D eigenvalue weighted by atomic mass is 16.6. The lowest BCUT2D eigenvalue weighted by Crippen LogP contribution is -2.17. The minimum atomic E-state index is -0.556. The SMILES string of the molecule is CO/N=C(\C(=O)OC)c1cccnc1. The second kappa shape index (κ2) is 4.96. The lowest BCUT2D eigenvalue weighted by atomic mass is 10.2. The molecular formula is C9H10N2O3. The summed E-state index contributed by atoms with van der Waals surface area (Å²) in [6.45, 7) is 0. The quantitative estimate of drug-likeness (QED) is 0.401. The van der Waals surface area contributed by atoms with Crippen molar-refractivity contribution in [2.24, 2.45) is 5.16 Å². The zero-order valence-corrected chi connectivity index (χ0v) is 7.93. The van der Waals surface area contributed by atoms with Gasteiger partial charge in [-0.1, -0.05) is 5.16 Å². The van der Waals surface area contributed by atoms with Gasteiger partial charge in [-0.2, -0.15) is 0 Å². The molecule has 0 unspecified atom stereocenters. The number of esters is 1. The maximum Gasteiger partial charge on any atom is 0.360 e. The van der Waals surface area contributed by atoms with Gasteiger partial charge in [-0.3, -0.25) is 4.98 Å². The molecule has 0 atom stereocenters. The Balaban J connectivity index is 3.02. The fourth-order valence-corrected chi connectivity index (χ4v) is 0.899. The first-order valence-corrected chi connectivity index (χ1v) is 3.89. The van der Waals surface area contributed by atoms with Crippen LogP contribution in [0, 0.1) is 0 Å². The van der Waals surface area contributed by atoms with E-state index < -0.39 is 5.97 Å². The van der Waals surface area contributed by atoms with E-state index in [-0.39, 0.29) is 5.71 Å². The second-order valence-electron chi connectivity index (χ2n) is 2.36. The summed E-state index contributed by atoms with van der Waals surface area (Å²) < 4.78 is 4.54. The average molecular weight is 194 g/mol. The molecule has 0 saturated carbocycles. The highest BCUT2D eigenvalue weighted by Gasteiger charge is 2.15. The predicted molar refractivity (Wildman–Crippen MR) is 49.8 cm³/mol. The molecule has 1 aromatic rings. The Kier molecular flexibility index (Phi) is 3.60. The van der Waals surface area contributed by atoms with Gasteiger partial charge in [0, 0.05) is 18.0 Å². The molecule has 0 fully saturated rings. The van der Waals surface area contributed by atoms with Crippen molar-refractivity contribution in [3.8, 4) is 0 Å². The number of rotatable bonds is 3. The fourth-order valence-electron chi connectivity index (χ4n) is 0.899. The van der Waals surface area contributed by atoms with Gasteiger partial charge in [0.2, 0.25) is 0 Å². The summed E-state index contributed by atoms with van der Waals surface area (Å²) in [6.07, 6.45) is 3.11. The Bertz CT molecular complexity index is 335. The number of pyridine rings is 1. The number of nitrogens with zero attached hydrogens (tertiary/aromatic N) is 2. The number of ether oxygens (including phenoxy) is 1. The number of oxime groups is 1. The monoisotopic (exact) mass is 194 g/mol. The Morgan fingerprint density at radius 1 is 1.50 bits per heavy atom. The van der Waals surface area contributed by atoms with E-state index in [4.69, 9.17) is 0 Å². The summed E-state index contributed by atoms with van der Waals surface area (Å²) in [4.78, 5) is 19.6. The standard InChI is InChI=1S/C9H10N2O3/c1-13-9(12)8(11-14-2)7-4-3-5-10-6-7/h3-6H,1-2H3/b11-8-. The lowest BCUT2D eigenvalue weighted by molar-refractivity contribution is -0.132. The van der Waals surface area contributed by atoms with Crippen molar-refractivity contribution in [1.82, 2.24) is 4.98 Å². The minimum absolute atomic E-state index is 0.100. The van der Waals surface area contributed by atoms with Crippen LogP contribution in [0.5, 0.6) is 0 Å². The van der Waals surface area contributed by atoms with Gasteiger partial charge in [0.25, 0.3) is 0 Å². The molecule has 1 heterocycles. The number of aromatic nitrogens is 1. The van der Waals surface area contributed by atoms with Crippen LogP contribution in [0.2, 0.25) is 0 Å². The van der Waals surface area contributed by atoms with Crippen molar-refractivity contribution in [3.05, 3.63) is 30.1 Å². The van der Waals surface area contributed by atoms with E-state index in [1.807, 2.05) is 0 Å². The average Bonchev–Trinajstić information content (AvgIpc) is 2.26. The Labute approximate surface area is 81.3 Å². The van der Waals surface area contributed by atoms with Crippen LogP contribution in [0.25, 0.3) is 0 Å². The molecule has 74 valence electrons. The maximum atomic E-state index is 11.2. The van der Waals surface area contributed by atoms with Gasteiger partial charge in [0.15, 0.2) is 5.71 Å². The van der Waals surface area contributed by atoms with Gasteiger partial charge in [-0.05, 0) is 12.1 Å². The summed E-state index contributed by atoms with van der Waals surface area (Å²) in [5.74, 6) is -0.556. The topological polar surface area (TPSA) is 60.8 Å². The third-order valence-corrected chi connectivity index (χ3v) is 1.50. The Hall–Kier alpha value is -1.91. The Morgan fingerprint density at radius 2 is 2.29 bits per heavy atom. The van der Waals surface area contributed by atoms with E-state index in [1.165, 1.54) is 20.4 Å². The highest BCUT2D eigenvalue weighted by Crippen LogP contribution is 2.01. The molecule has 0 aliphatic carbocycles. The molecule has 0 bridgehead atoms. The normalized spacial score (nSPS) is 10.9. The summed E-state index contributed by atoms with van der Waals surface area (Å²) >= 11 is 0. The summed E-state index contributed by atoms with van der Waals surface area (Å²) in [5, 5.41) is 3.57. The van der Waals surface area contributed by atoms with Gasteiger partial charge in [-0.15, -0.1) is 0 Å². The van der Waals surface area contributed by atoms with Crippen LogP contribution in [-0.2, 0) is 14.4 Å². The number of hydrogen-bond donors (Lipinski definition) is 0. The zero-order chi connectivity index (χ0) is 10.4. The summed E-state index contributed by atoms with van der Waals surface area (Å²) in [6, 6.07) is 3.39. The molecule has 0 radical (unpaired) electrons. The van der Waals surface area contributed by atoms with Crippen molar-refractivity contribution in [3.63, 3.8) is 0 Å². The van der Waals surface area contributed by atoms with Gasteiger partial charge in [0.05, 0.1) is 7.11 Å². The van der Waals surface area contributed by atoms with Gasteiger partial charge < -0.3 is 9.57 Å². The largest absolute Gasteiger partial charge is 0.464 e. The minimum Gasteiger partial charge on any atom is -0.464 e. The Morgan fingerprint density at radius 3 is 2.79 bits per heavy atom. The van der Waals surface area contributed by atoms with E-state index in [2.05, 4.69) is 19.7 Å². The third-order valence-electron chi connectivity index (χ3n) is 1.50. The molecule has 14 heavy (non-hydrogen) atoms. The summed E-state index contributed by atoms with van der Waals surface area (Å²) in [5.41, 5.74) is 0.657. The number of methoxy groups -OCH3 is 1. The van der Waals surface area contributed by atoms with E-state index in [0.717, 1.165) is 0 Å². The number of carbonyl (C=O) groups is 1. The molecule has 0 spiro atoms. The van der Waals surface area contributed by atoms with E-state index >= 15 is 0 Å². The van der Waals surface area contributed by atoms with Crippen molar-refractivity contribution in [2.75, 3.05) is 14.2 Å². The predicted octanol–water partition coefficient (Wildman–Crippen LogP) is 0.605. The first kappa shape index (κ1) is 10.2. The van der Waals surface area contributed by atoms with Crippen LogP contribution < -0.4 is 0 Å². The van der Waals surface area contributed by atoms with Crippen LogP contribution >= 0.6 is 0 Å². The van der Waals surface area contributed by atoms with Gasteiger partial charge >= 0.3 is 5.97 Å². The number of hydrogen-bond acceptors (Lipinski definition) is 5. The second-order valence-corrected chi connectivity index (χ2v) is 2.36. The maximum absolute atomic E-state index is 11.2. The van der Waals surface area contributed by atoms with Gasteiger partial charge in [-0.25, -0.2) is 4.79 Å². The smallest absolute Gasteiger partial charge is 0.360 e. The highest BCUT2D eigenvalue weighted by molar-refractivity contribution is 6.43. The lowest BCUT2D eigenvalue weighted by Gasteiger charge is -2.02. The molecule has 0 aliphatic rings.